The Morgan fingerprint density at radius 2 is 1.95 bits per heavy atom. The van der Waals surface area contributed by atoms with E-state index in [1.54, 1.807) is 7.11 Å². The first kappa shape index (κ1) is 14.4. The van der Waals surface area contributed by atoms with Crippen LogP contribution in [0.25, 0.3) is 0 Å². The lowest BCUT2D eigenvalue weighted by Crippen LogP contribution is -2.29. The van der Waals surface area contributed by atoms with Crippen molar-refractivity contribution in [3.05, 3.63) is 29.8 Å². The molecule has 0 aromatic heterocycles. The summed E-state index contributed by atoms with van der Waals surface area (Å²) in [5.74, 6) is 1.99. The van der Waals surface area contributed by atoms with Gasteiger partial charge >= 0.3 is 0 Å². The van der Waals surface area contributed by atoms with Crippen LogP contribution in [0, 0.1) is 5.92 Å². The summed E-state index contributed by atoms with van der Waals surface area (Å²) in [5, 5.41) is 3.63. The molecule has 1 aromatic rings. The molecule has 1 aromatic carbocycles. The molecule has 1 fully saturated rings. The third-order valence-corrected chi connectivity index (χ3v) is 4.05. The van der Waals surface area contributed by atoms with E-state index in [1.165, 1.54) is 37.7 Å². The number of methoxy groups -OCH3 is 1. The largest absolute Gasteiger partial charge is 0.497 e. The molecule has 19 heavy (non-hydrogen) atoms. The van der Waals surface area contributed by atoms with E-state index < -0.39 is 0 Å². The Hall–Kier alpha value is -1.02. The van der Waals surface area contributed by atoms with Crippen LogP contribution in [0.4, 0.5) is 0 Å². The smallest absolute Gasteiger partial charge is 0.118 e. The van der Waals surface area contributed by atoms with Crippen LogP contribution in [-0.4, -0.2) is 19.7 Å². The van der Waals surface area contributed by atoms with Crippen LogP contribution < -0.4 is 10.1 Å². The van der Waals surface area contributed by atoms with Gasteiger partial charge in [0.1, 0.15) is 5.75 Å². The number of ether oxygens (including phenoxy) is 1. The van der Waals surface area contributed by atoms with E-state index in [2.05, 4.69) is 36.5 Å². The average molecular weight is 261 g/mol. The minimum absolute atomic E-state index is 0.688. The van der Waals surface area contributed by atoms with Gasteiger partial charge in [0.05, 0.1) is 7.11 Å². The highest BCUT2D eigenvalue weighted by atomic mass is 16.5. The number of hydrogen-bond donors (Lipinski definition) is 1. The Labute approximate surface area is 117 Å². The van der Waals surface area contributed by atoms with E-state index in [9.17, 15) is 0 Å². The van der Waals surface area contributed by atoms with E-state index in [0.29, 0.717) is 6.04 Å². The summed E-state index contributed by atoms with van der Waals surface area (Å²) in [6.07, 6.45) is 8.10. The molecule has 1 saturated carbocycles. The Morgan fingerprint density at radius 3 is 2.53 bits per heavy atom. The van der Waals surface area contributed by atoms with Gasteiger partial charge in [0, 0.05) is 6.04 Å². The molecule has 0 radical (unpaired) electrons. The third-order valence-electron chi connectivity index (χ3n) is 4.05. The van der Waals surface area contributed by atoms with Crippen LogP contribution in [0.1, 0.15) is 44.6 Å². The van der Waals surface area contributed by atoms with Crippen molar-refractivity contribution in [2.24, 2.45) is 5.92 Å². The van der Waals surface area contributed by atoms with Gasteiger partial charge in [-0.25, -0.2) is 0 Å². The third kappa shape index (κ3) is 5.23. The molecule has 2 heteroatoms. The van der Waals surface area contributed by atoms with Gasteiger partial charge in [-0.05, 0) is 55.8 Å². The van der Waals surface area contributed by atoms with Crippen molar-refractivity contribution in [2.75, 3.05) is 13.7 Å². The Kier molecular flexibility index (Phi) is 5.71. The average Bonchev–Trinajstić information content (AvgIpc) is 3.26. The fraction of sp³-hybridized carbons (Fsp3) is 0.647. The fourth-order valence-corrected chi connectivity index (χ4v) is 2.61. The monoisotopic (exact) mass is 261 g/mol. The normalized spacial score (nSPS) is 16.3. The maximum Gasteiger partial charge on any atom is 0.118 e. The first-order chi connectivity index (χ1) is 9.31. The van der Waals surface area contributed by atoms with Crippen molar-refractivity contribution >= 4 is 0 Å². The number of hydrogen-bond acceptors (Lipinski definition) is 2. The molecule has 0 amide bonds. The van der Waals surface area contributed by atoms with Gasteiger partial charge in [0.25, 0.3) is 0 Å². The minimum atomic E-state index is 0.688. The second-order valence-electron chi connectivity index (χ2n) is 5.66. The zero-order valence-corrected chi connectivity index (χ0v) is 12.3. The standard InChI is InChI=1S/C17H27NO/c1-3-18-16(10-6-14-4-5-14)11-7-15-8-12-17(19-2)13-9-15/h8-9,12-14,16,18H,3-7,10-11H2,1-2H3. The summed E-state index contributed by atoms with van der Waals surface area (Å²) in [6, 6.07) is 9.17. The molecule has 0 saturated heterocycles. The van der Waals surface area contributed by atoms with Gasteiger partial charge in [-0.15, -0.1) is 0 Å². The summed E-state index contributed by atoms with van der Waals surface area (Å²) < 4.78 is 5.19. The second kappa shape index (κ2) is 7.54. The van der Waals surface area contributed by atoms with Crippen LogP contribution in [0.15, 0.2) is 24.3 Å². The highest BCUT2D eigenvalue weighted by Gasteiger charge is 2.22. The Balaban J connectivity index is 1.75. The summed E-state index contributed by atoms with van der Waals surface area (Å²) in [4.78, 5) is 0. The molecule has 1 unspecified atom stereocenters. The number of benzene rings is 1. The Morgan fingerprint density at radius 1 is 1.21 bits per heavy atom. The van der Waals surface area contributed by atoms with Crippen LogP contribution in [0.5, 0.6) is 5.75 Å². The lowest BCUT2D eigenvalue weighted by atomic mass is 10.0. The molecule has 106 valence electrons. The molecular weight excluding hydrogens is 234 g/mol. The molecular formula is C17H27NO. The first-order valence-electron chi connectivity index (χ1n) is 7.68. The van der Waals surface area contributed by atoms with E-state index in [1.807, 2.05) is 0 Å². The molecule has 1 aliphatic carbocycles. The number of nitrogens with one attached hydrogen (secondary N) is 1. The summed E-state index contributed by atoms with van der Waals surface area (Å²) >= 11 is 0. The van der Waals surface area contributed by atoms with E-state index >= 15 is 0 Å². The molecule has 2 rings (SSSR count). The maximum atomic E-state index is 5.19. The van der Waals surface area contributed by atoms with E-state index in [0.717, 1.165) is 24.6 Å². The molecule has 1 aliphatic rings. The Bertz CT molecular complexity index is 356. The molecule has 1 N–H and O–H groups in total. The predicted molar refractivity (Wildman–Crippen MR) is 80.7 cm³/mol. The van der Waals surface area contributed by atoms with Crippen molar-refractivity contribution in [3.63, 3.8) is 0 Å². The van der Waals surface area contributed by atoms with Crippen LogP contribution in [0.3, 0.4) is 0 Å². The lowest BCUT2D eigenvalue weighted by molar-refractivity contribution is 0.414. The van der Waals surface area contributed by atoms with Gasteiger partial charge in [-0.2, -0.15) is 0 Å². The van der Waals surface area contributed by atoms with E-state index in [4.69, 9.17) is 4.74 Å². The number of rotatable bonds is 9. The van der Waals surface area contributed by atoms with Gasteiger partial charge in [-0.1, -0.05) is 31.9 Å². The van der Waals surface area contributed by atoms with Crippen molar-refractivity contribution in [1.82, 2.24) is 5.32 Å². The molecule has 1 atom stereocenters. The zero-order valence-electron chi connectivity index (χ0n) is 12.3. The predicted octanol–water partition coefficient (Wildman–Crippen LogP) is 3.80. The summed E-state index contributed by atoms with van der Waals surface area (Å²) in [5.41, 5.74) is 1.41. The molecule has 2 nitrogen and oxygen atoms in total. The highest BCUT2D eigenvalue weighted by molar-refractivity contribution is 5.27. The second-order valence-corrected chi connectivity index (χ2v) is 5.66. The molecule has 0 heterocycles. The summed E-state index contributed by atoms with van der Waals surface area (Å²) in [6.45, 7) is 3.29. The van der Waals surface area contributed by atoms with Gasteiger partial charge in [0.15, 0.2) is 0 Å². The number of aryl methyl sites for hydroxylation is 1. The lowest BCUT2D eigenvalue weighted by Gasteiger charge is -2.17. The maximum absolute atomic E-state index is 5.19. The first-order valence-corrected chi connectivity index (χ1v) is 7.68. The topological polar surface area (TPSA) is 21.3 Å². The van der Waals surface area contributed by atoms with Gasteiger partial charge in [-0.3, -0.25) is 0 Å². The van der Waals surface area contributed by atoms with Gasteiger partial charge < -0.3 is 10.1 Å². The van der Waals surface area contributed by atoms with Crippen molar-refractivity contribution in [2.45, 2.75) is 51.5 Å². The SMILES string of the molecule is CCNC(CCc1ccc(OC)cc1)CCC1CC1. The fourth-order valence-electron chi connectivity index (χ4n) is 2.61. The van der Waals surface area contributed by atoms with Crippen molar-refractivity contribution in [3.8, 4) is 5.75 Å². The van der Waals surface area contributed by atoms with Crippen molar-refractivity contribution in [1.29, 1.82) is 0 Å². The van der Waals surface area contributed by atoms with Crippen molar-refractivity contribution < 1.29 is 4.74 Å². The molecule has 0 aliphatic heterocycles. The minimum Gasteiger partial charge on any atom is -0.497 e. The molecule has 0 spiro atoms. The van der Waals surface area contributed by atoms with Gasteiger partial charge in [0.2, 0.25) is 0 Å². The molecule has 0 bridgehead atoms. The van der Waals surface area contributed by atoms with Crippen LogP contribution in [0.2, 0.25) is 0 Å². The summed E-state index contributed by atoms with van der Waals surface area (Å²) in [7, 11) is 1.72. The zero-order chi connectivity index (χ0) is 13.5. The van der Waals surface area contributed by atoms with Crippen LogP contribution in [-0.2, 0) is 6.42 Å². The van der Waals surface area contributed by atoms with Crippen LogP contribution >= 0.6 is 0 Å². The highest BCUT2D eigenvalue weighted by Crippen LogP contribution is 2.34. The quantitative estimate of drug-likeness (QED) is 0.730. The van der Waals surface area contributed by atoms with E-state index in [-0.39, 0.29) is 0 Å².